The van der Waals surface area contributed by atoms with Crippen LogP contribution in [0.25, 0.3) is 0 Å². The summed E-state index contributed by atoms with van der Waals surface area (Å²) in [6.45, 7) is 1.94. The highest BCUT2D eigenvalue weighted by atomic mass is 35.5. The molecule has 0 saturated carbocycles. The van der Waals surface area contributed by atoms with Crippen LogP contribution in [0.15, 0.2) is 6.07 Å². The first kappa shape index (κ1) is 14.0. The van der Waals surface area contributed by atoms with E-state index in [9.17, 15) is 4.79 Å². The van der Waals surface area contributed by atoms with Gasteiger partial charge in [0.1, 0.15) is 6.10 Å². The first-order valence-electron chi connectivity index (χ1n) is 5.97. The van der Waals surface area contributed by atoms with E-state index < -0.39 is 12.0 Å². The van der Waals surface area contributed by atoms with Crippen molar-refractivity contribution in [1.82, 2.24) is 0 Å². The molecule has 0 saturated heterocycles. The van der Waals surface area contributed by atoms with Crippen molar-refractivity contribution in [2.75, 3.05) is 7.11 Å². The quantitative estimate of drug-likeness (QED) is 0.886. The summed E-state index contributed by atoms with van der Waals surface area (Å²) in [5, 5.41) is 9.30. The lowest BCUT2D eigenvalue weighted by Crippen LogP contribution is -2.16. The number of halogens is 1. The second-order valence-corrected chi connectivity index (χ2v) is 5.00. The predicted octanol–water partition coefficient (Wildman–Crippen LogP) is 2.15. The van der Waals surface area contributed by atoms with Gasteiger partial charge in [0.15, 0.2) is 11.5 Å². The van der Waals surface area contributed by atoms with Crippen molar-refractivity contribution in [3.63, 3.8) is 0 Å². The van der Waals surface area contributed by atoms with Gasteiger partial charge in [0.25, 0.3) is 0 Å². The summed E-state index contributed by atoms with van der Waals surface area (Å²) in [7, 11) is 1.53. The molecule has 19 heavy (non-hydrogen) atoms. The van der Waals surface area contributed by atoms with E-state index in [0.29, 0.717) is 28.5 Å². The first-order valence-corrected chi connectivity index (χ1v) is 6.35. The highest BCUT2D eigenvalue weighted by Crippen LogP contribution is 2.45. The summed E-state index contributed by atoms with van der Waals surface area (Å²) in [6, 6.07) is 0.993. The van der Waals surface area contributed by atoms with Gasteiger partial charge in [-0.05, 0) is 18.6 Å². The Hall–Kier alpha value is -1.46. The average molecular weight is 286 g/mol. The van der Waals surface area contributed by atoms with Gasteiger partial charge < -0.3 is 20.3 Å². The maximum Gasteiger partial charge on any atom is 0.305 e. The number of benzene rings is 1. The number of carboxylic acids is 1. The van der Waals surface area contributed by atoms with Crippen LogP contribution in [-0.4, -0.2) is 24.3 Å². The Morgan fingerprint density at radius 3 is 3.00 bits per heavy atom. The van der Waals surface area contributed by atoms with E-state index >= 15 is 0 Å². The number of nitrogens with two attached hydrogens (primary N) is 1. The standard InChI is InChI=1S/C13H16ClNO4/c1-6-3-8-12(14)7(9(15)5-11(16)17)4-10(18-2)13(8)19-6/h4,6,9H,3,5,15H2,1-2H3,(H,16,17). The van der Waals surface area contributed by atoms with Gasteiger partial charge in [0.05, 0.1) is 18.6 Å². The highest BCUT2D eigenvalue weighted by Gasteiger charge is 2.29. The zero-order chi connectivity index (χ0) is 14.2. The maximum atomic E-state index is 10.8. The number of fused-ring (bicyclic) bond motifs is 1. The highest BCUT2D eigenvalue weighted by molar-refractivity contribution is 6.32. The van der Waals surface area contributed by atoms with Crippen LogP contribution in [0.5, 0.6) is 11.5 Å². The van der Waals surface area contributed by atoms with E-state index in [2.05, 4.69) is 0 Å². The fraction of sp³-hybridized carbons (Fsp3) is 0.462. The van der Waals surface area contributed by atoms with Crippen LogP contribution in [0.2, 0.25) is 5.02 Å². The van der Waals surface area contributed by atoms with Crippen LogP contribution in [0, 0.1) is 0 Å². The molecule has 1 aromatic carbocycles. The largest absolute Gasteiger partial charge is 0.493 e. The summed E-state index contributed by atoms with van der Waals surface area (Å²) >= 11 is 6.32. The number of rotatable bonds is 4. The van der Waals surface area contributed by atoms with Crippen molar-refractivity contribution in [1.29, 1.82) is 0 Å². The SMILES string of the molecule is COc1cc(C(N)CC(=O)O)c(Cl)c2c1OC(C)C2. The zero-order valence-electron chi connectivity index (χ0n) is 10.8. The van der Waals surface area contributed by atoms with E-state index in [1.165, 1.54) is 7.11 Å². The van der Waals surface area contributed by atoms with Crippen LogP contribution in [0.4, 0.5) is 0 Å². The molecule has 1 aromatic rings. The molecular weight excluding hydrogens is 270 g/mol. The number of hydrogen-bond donors (Lipinski definition) is 2. The lowest BCUT2D eigenvalue weighted by molar-refractivity contribution is -0.137. The molecule has 0 radical (unpaired) electrons. The van der Waals surface area contributed by atoms with Gasteiger partial charge in [-0.25, -0.2) is 0 Å². The Balaban J connectivity index is 2.46. The maximum absolute atomic E-state index is 10.8. The Morgan fingerprint density at radius 1 is 1.74 bits per heavy atom. The Morgan fingerprint density at radius 2 is 2.42 bits per heavy atom. The molecule has 0 amide bonds. The lowest BCUT2D eigenvalue weighted by atomic mass is 9.99. The van der Waals surface area contributed by atoms with Crippen molar-refractivity contribution in [3.05, 3.63) is 22.2 Å². The van der Waals surface area contributed by atoms with Crippen LogP contribution >= 0.6 is 11.6 Å². The monoisotopic (exact) mass is 285 g/mol. The molecule has 0 bridgehead atoms. The smallest absolute Gasteiger partial charge is 0.305 e. The number of hydrogen-bond acceptors (Lipinski definition) is 4. The Labute approximate surface area is 116 Å². The van der Waals surface area contributed by atoms with Crippen LogP contribution in [0.3, 0.4) is 0 Å². The third-order valence-electron chi connectivity index (χ3n) is 3.13. The number of carbonyl (C=O) groups is 1. The topological polar surface area (TPSA) is 81.8 Å². The third kappa shape index (κ3) is 2.62. The second-order valence-electron chi connectivity index (χ2n) is 4.63. The summed E-state index contributed by atoms with van der Waals surface area (Å²) in [5.74, 6) is 0.207. The van der Waals surface area contributed by atoms with Gasteiger partial charge in [-0.2, -0.15) is 0 Å². The predicted molar refractivity (Wildman–Crippen MR) is 71.0 cm³/mol. The van der Waals surface area contributed by atoms with Crippen molar-refractivity contribution in [2.24, 2.45) is 5.73 Å². The van der Waals surface area contributed by atoms with E-state index in [-0.39, 0.29) is 12.5 Å². The second kappa shape index (κ2) is 5.27. The van der Waals surface area contributed by atoms with E-state index in [1.807, 2.05) is 6.92 Å². The van der Waals surface area contributed by atoms with Gasteiger partial charge in [-0.3, -0.25) is 4.79 Å². The lowest BCUT2D eigenvalue weighted by Gasteiger charge is -2.16. The van der Waals surface area contributed by atoms with Gasteiger partial charge in [0, 0.05) is 18.0 Å². The van der Waals surface area contributed by atoms with Crippen LogP contribution in [0.1, 0.15) is 30.5 Å². The van der Waals surface area contributed by atoms with E-state index in [0.717, 1.165) is 5.56 Å². The van der Waals surface area contributed by atoms with Crippen molar-refractivity contribution in [2.45, 2.75) is 31.9 Å². The summed E-state index contributed by atoms with van der Waals surface area (Å²) < 4.78 is 10.9. The van der Waals surface area contributed by atoms with Crippen molar-refractivity contribution in [3.8, 4) is 11.5 Å². The molecule has 0 aliphatic carbocycles. The van der Waals surface area contributed by atoms with Crippen molar-refractivity contribution < 1.29 is 19.4 Å². The molecule has 5 nitrogen and oxygen atoms in total. The molecule has 2 atom stereocenters. The van der Waals surface area contributed by atoms with Gasteiger partial charge in [0.2, 0.25) is 0 Å². The van der Waals surface area contributed by atoms with Crippen LogP contribution in [-0.2, 0) is 11.2 Å². The number of aliphatic carboxylic acids is 1. The minimum absolute atomic E-state index is 0.0207. The third-order valence-corrected chi connectivity index (χ3v) is 3.57. The number of methoxy groups -OCH3 is 1. The van der Waals surface area contributed by atoms with Gasteiger partial charge >= 0.3 is 5.97 Å². The molecule has 1 aliphatic heterocycles. The number of ether oxygens (including phenoxy) is 2. The van der Waals surface area contributed by atoms with Crippen molar-refractivity contribution >= 4 is 17.6 Å². The first-order chi connectivity index (χ1) is 8.93. The molecular formula is C13H16ClNO4. The molecule has 2 unspecified atom stereocenters. The Kier molecular flexibility index (Phi) is 3.87. The fourth-order valence-corrected chi connectivity index (χ4v) is 2.61. The minimum atomic E-state index is -0.965. The summed E-state index contributed by atoms with van der Waals surface area (Å²) in [6.07, 6.45) is 0.503. The summed E-state index contributed by atoms with van der Waals surface area (Å²) in [5.41, 5.74) is 7.31. The molecule has 6 heteroatoms. The van der Waals surface area contributed by atoms with Gasteiger partial charge in [-0.1, -0.05) is 11.6 Å². The Bertz CT molecular complexity index is 518. The molecule has 0 aromatic heterocycles. The molecule has 104 valence electrons. The van der Waals surface area contributed by atoms with Crippen LogP contribution < -0.4 is 15.2 Å². The van der Waals surface area contributed by atoms with E-state index in [4.69, 9.17) is 31.9 Å². The van der Waals surface area contributed by atoms with E-state index in [1.54, 1.807) is 6.07 Å². The normalized spacial score (nSPS) is 18.6. The van der Waals surface area contributed by atoms with Gasteiger partial charge in [-0.15, -0.1) is 0 Å². The fourth-order valence-electron chi connectivity index (χ4n) is 2.25. The number of carboxylic acid groups (broad SMARTS) is 1. The molecule has 3 N–H and O–H groups in total. The average Bonchev–Trinajstić information content (AvgIpc) is 2.71. The molecule has 0 fully saturated rings. The molecule has 1 heterocycles. The summed E-state index contributed by atoms with van der Waals surface area (Å²) in [4.78, 5) is 10.8. The molecule has 2 rings (SSSR count). The zero-order valence-corrected chi connectivity index (χ0v) is 11.5. The molecule has 0 spiro atoms. The molecule has 1 aliphatic rings. The minimum Gasteiger partial charge on any atom is -0.493 e.